The Hall–Kier alpha value is -3.19. The van der Waals surface area contributed by atoms with Crippen LogP contribution in [0.3, 0.4) is 0 Å². The molecule has 3 heterocycles. The zero-order valence-electron chi connectivity index (χ0n) is 15.6. The number of amidine groups is 1. The number of benzene rings is 1. The zero-order valence-corrected chi connectivity index (χ0v) is 16.4. The van der Waals surface area contributed by atoms with Crippen molar-refractivity contribution >= 4 is 22.7 Å². The Labute approximate surface area is 167 Å². The number of hydrogen-bond acceptors (Lipinski definition) is 6. The largest absolute Gasteiger partial charge is 0.509 e. The van der Waals surface area contributed by atoms with Gasteiger partial charge in [0.25, 0.3) is 0 Å². The Morgan fingerprint density at radius 3 is 2.89 bits per heavy atom. The fourth-order valence-corrected chi connectivity index (χ4v) is 4.12. The number of rotatable bonds is 5. The van der Waals surface area contributed by atoms with Gasteiger partial charge < -0.3 is 14.7 Å². The third-order valence-electron chi connectivity index (χ3n) is 4.80. The lowest BCUT2D eigenvalue weighted by atomic mass is 10.1. The van der Waals surface area contributed by atoms with Gasteiger partial charge in [-0.1, -0.05) is 18.2 Å². The molecule has 6 nitrogen and oxygen atoms in total. The van der Waals surface area contributed by atoms with Gasteiger partial charge in [0.2, 0.25) is 0 Å². The zero-order chi connectivity index (χ0) is 19.7. The number of nitrogens with one attached hydrogen (secondary N) is 1. The lowest BCUT2D eigenvalue weighted by Gasteiger charge is -2.24. The van der Waals surface area contributed by atoms with Crippen molar-refractivity contribution in [3.63, 3.8) is 0 Å². The number of aliphatic hydroxyl groups is 1. The smallest absolute Gasteiger partial charge is 0.135 e. The molecule has 0 saturated heterocycles. The molecule has 0 amide bonds. The molecule has 4 rings (SSSR count). The summed E-state index contributed by atoms with van der Waals surface area (Å²) < 4.78 is 5.28. The molecule has 0 unspecified atom stereocenters. The summed E-state index contributed by atoms with van der Waals surface area (Å²) in [6.45, 7) is 2.40. The van der Waals surface area contributed by atoms with Crippen molar-refractivity contribution in [1.29, 1.82) is 5.41 Å². The van der Waals surface area contributed by atoms with Crippen molar-refractivity contribution in [3.05, 3.63) is 70.5 Å². The van der Waals surface area contributed by atoms with E-state index in [-0.39, 0.29) is 17.6 Å². The molecule has 2 aromatic heterocycles. The Balaban J connectivity index is 1.62. The van der Waals surface area contributed by atoms with Gasteiger partial charge in [0.05, 0.1) is 24.4 Å². The predicted molar refractivity (Wildman–Crippen MR) is 111 cm³/mol. The molecule has 28 heavy (non-hydrogen) atoms. The van der Waals surface area contributed by atoms with Crippen LogP contribution < -0.4 is 4.74 Å². The summed E-state index contributed by atoms with van der Waals surface area (Å²) in [7, 11) is 1.63. The van der Waals surface area contributed by atoms with E-state index in [0.29, 0.717) is 17.1 Å². The van der Waals surface area contributed by atoms with Crippen molar-refractivity contribution in [2.24, 2.45) is 0 Å². The highest BCUT2D eigenvalue weighted by Gasteiger charge is 2.36. The van der Waals surface area contributed by atoms with Gasteiger partial charge in [0.1, 0.15) is 22.4 Å². The second-order valence-electron chi connectivity index (χ2n) is 6.54. The summed E-state index contributed by atoms with van der Waals surface area (Å²) in [4.78, 5) is 10.7. The molecule has 2 N–H and O–H groups in total. The first-order valence-corrected chi connectivity index (χ1v) is 9.74. The van der Waals surface area contributed by atoms with E-state index in [4.69, 9.17) is 10.1 Å². The van der Waals surface area contributed by atoms with Crippen molar-refractivity contribution in [2.45, 2.75) is 19.5 Å². The van der Waals surface area contributed by atoms with Crippen LogP contribution in [-0.4, -0.2) is 39.0 Å². The minimum Gasteiger partial charge on any atom is -0.509 e. The third kappa shape index (κ3) is 3.25. The molecule has 0 spiro atoms. The normalized spacial score (nSPS) is 16.7. The number of hydrogen-bond donors (Lipinski definition) is 2. The average Bonchev–Trinajstić information content (AvgIpc) is 3.28. The van der Waals surface area contributed by atoms with Crippen LogP contribution in [-0.2, 0) is 6.54 Å². The van der Waals surface area contributed by atoms with Crippen molar-refractivity contribution in [3.8, 4) is 17.0 Å². The molecule has 0 saturated carbocycles. The fraction of sp³-hybridized carbons (Fsp3) is 0.190. The number of aromatic nitrogens is 2. The molecule has 142 valence electrons. The van der Waals surface area contributed by atoms with Gasteiger partial charge in [-0.15, -0.1) is 11.3 Å². The predicted octanol–water partition coefficient (Wildman–Crippen LogP) is 4.36. The van der Waals surface area contributed by atoms with Gasteiger partial charge in [0.15, 0.2) is 0 Å². The van der Waals surface area contributed by atoms with Gasteiger partial charge in [-0.25, -0.2) is 4.98 Å². The standard InChI is InChI=1S/C21H20N4O2S/c1-13-19(26)18(20(22)25(13)11-14-5-4-8-23-10-14)21-24-17(12-28-21)15-6-3-7-16(9-15)27-2/h3-10,12-13,22,26H,11H2,1-2H3/t13-/m0/s1. The fourth-order valence-electron chi connectivity index (χ4n) is 3.23. The van der Waals surface area contributed by atoms with Crippen LogP contribution in [0.1, 0.15) is 17.5 Å². The number of nitrogens with zero attached hydrogens (tertiary/aromatic N) is 3. The summed E-state index contributed by atoms with van der Waals surface area (Å²) in [5, 5.41) is 21.9. The van der Waals surface area contributed by atoms with E-state index >= 15 is 0 Å². The molecule has 1 aliphatic heterocycles. The van der Waals surface area contributed by atoms with E-state index in [2.05, 4.69) is 9.97 Å². The number of pyridine rings is 1. The van der Waals surface area contributed by atoms with E-state index < -0.39 is 0 Å². The van der Waals surface area contributed by atoms with E-state index in [9.17, 15) is 5.11 Å². The maximum Gasteiger partial charge on any atom is 0.135 e. The Morgan fingerprint density at radius 2 is 2.14 bits per heavy atom. The minimum atomic E-state index is -0.285. The number of thiazole rings is 1. The molecule has 1 aliphatic rings. The second-order valence-corrected chi connectivity index (χ2v) is 7.40. The minimum absolute atomic E-state index is 0.181. The summed E-state index contributed by atoms with van der Waals surface area (Å²) in [6.07, 6.45) is 3.50. The summed E-state index contributed by atoms with van der Waals surface area (Å²) in [5.74, 6) is 1.22. The highest BCUT2D eigenvalue weighted by Crippen LogP contribution is 2.36. The van der Waals surface area contributed by atoms with Crippen LogP contribution in [0, 0.1) is 5.41 Å². The molecule has 0 fully saturated rings. The van der Waals surface area contributed by atoms with Gasteiger partial charge in [-0.3, -0.25) is 10.4 Å². The first-order chi connectivity index (χ1) is 13.6. The molecule has 0 aliphatic carbocycles. The van der Waals surface area contributed by atoms with Crippen LogP contribution in [0.4, 0.5) is 0 Å². The van der Waals surface area contributed by atoms with Crippen LogP contribution in [0.25, 0.3) is 16.8 Å². The Bertz CT molecular complexity index is 1050. The molecule has 0 radical (unpaired) electrons. The number of methoxy groups -OCH3 is 1. The monoisotopic (exact) mass is 392 g/mol. The Kier molecular flexibility index (Phi) is 4.83. The number of aliphatic hydroxyl groups excluding tert-OH is 1. The van der Waals surface area contributed by atoms with E-state index in [1.165, 1.54) is 11.3 Å². The van der Waals surface area contributed by atoms with Crippen LogP contribution in [0.5, 0.6) is 5.75 Å². The first-order valence-electron chi connectivity index (χ1n) is 8.86. The van der Waals surface area contributed by atoms with E-state index in [1.807, 2.05) is 53.6 Å². The van der Waals surface area contributed by atoms with E-state index in [0.717, 1.165) is 22.6 Å². The van der Waals surface area contributed by atoms with Gasteiger partial charge in [-0.2, -0.15) is 0 Å². The third-order valence-corrected chi connectivity index (χ3v) is 5.66. The van der Waals surface area contributed by atoms with Crippen molar-refractivity contribution in [1.82, 2.24) is 14.9 Å². The molecule has 3 aromatic rings. The SMILES string of the molecule is COc1cccc(-c2csc(C3=C(O)[C@H](C)N(Cc4cccnc4)C3=N)n2)c1. The lowest BCUT2D eigenvalue weighted by molar-refractivity contribution is 0.281. The summed E-state index contributed by atoms with van der Waals surface area (Å²) in [5.41, 5.74) is 3.22. The lowest BCUT2D eigenvalue weighted by Crippen LogP contribution is -2.32. The maximum atomic E-state index is 10.7. The van der Waals surface area contributed by atoms with E-state index in [1.54, 1.807) is 19.5 Å². The molecule has 0 bridgehead atoms. The van der Waals surface area contributed by atoms with Crippen LogP contribution in [0.15, 0.2) is 59.9 Å². The topological polar surface area (TPSA) is 82.3 Å². The highest BCUT2D eigenvalue weighted by molar-refractivity contribution is 7.11. The first kappa shape index (κ1) is 18.2. The number of ether oxygens (including phenoxy) is 1. The van der Waals surface area contributed by atoms with Crippen molar-refractivity contribution in [2.75, 3.05) is 7.11 Å². The molecule has 1 atom stereocenters. The summed E-state index contributed by atoms with van der Waals surface area (Å²) >= 11 is 1.42. The van der Waals surface area contributed by atoms with Gasteiger partial charge in [-0.05, 0) is 30.7 Å². The quantitative estimate of drug-likeness (QED) is 0.674. The summed E-state index contributed by atoms with van der Waals surface area (Å²) in [6, 6.07) is 11.2. The molecular formula is C21H20N4O2S. The molecule has 7 heteroatoms. The van der Waals surface area contributed by atoms with Gasteiger partial charge in [0, 0.05) is 29.9 Å². The van der Waals surface area contributed by atoms with Crippen LogP contribution >= 0.6 is 11.3 Å². The maximum absolute atomic E-state index is 10.7. The van der Waals surface area contributed by atoms with Crippen molar-refractivity contribution < 1.29 is 9.84 Å². The van der Waals surface area contributed by atoms with Crippen LogP contribution in [0.2, 0.25) is 0 Å². The molecular weight excluding hydrogens is 372 g/mol. The van der Waals surface area contributed by atoms with Gasteiger partial charge >= 0.3 is 0 Å². The Morgan fingerprint density at radius 1 is 1.29 bits per heavy atom. The highest BCUT2D eigenvalue weighted by atomic mass is 32.1. The molecule has 1 aromatic carbocycles. The second kappa shape index (κ2) is 7.44. The average molecular weight is 392 g/mol.